The fourth-order valence-corrected chi connectivity index (χ4v) is 3.18. The van der Waals surface area contributed by atoms with Gasteiger partial charge in [0, 0.05) is 13.7 Å². The minimum absolute atomic E-state index is 0.547. The van der Waals surface area contributed by atoms with Crippen LogP contribution in [0.1, 0.15) is 40.0 Å². The normalized spacial score (nSPS) is 30.4. The van der Waals surface area contributed by atoms with Crippen LogP contribution in [0, 0.1) is 17.3 Å². The maximum absolute atomic E-state index is 5.03. The molecule has 0 aromatic carbocycles. The fourth-order valence-electron chi connectivity index (χ4n) is 3.18. The summed E-state index contributed by atoms with van der Waals surface area (Å²) >= 11 is 0. The average Bonchev–Trinajstić information content (AvgIpc) is 2.09. The van der Waals surface area contributed by atoms with E-state index in [-0.39, 0.29) is 0 Å². The Balaban J connectivity index is 2.23. The van der Waals surface area contributed by atoms with E-state index in [0.717, 1.165) is 31.5 Å². The summed E-state index contributed by atoms with van der Waals surface area (Å²) in [5.41, 5.74) is 0.547. The highest BCUT2D eigenvalue weighted by Gasteiger charge is 2.31. The quantitative estimate of drug-likeness (QED) is 0.709. The van der Waals surface area contributed by atoms with Crippen molar-refractivity contribution in [3.05, 3.63) is 0 Å². The molecule has 0 bridgehead atoms. The molecule has 90 valence electrons. The van der Waals surface area contributed by atoms with Crippen molar-refractivity contribution >= 4 is 0 Å². The highest BCUT2D eigenvalue weighted by Crippen LogP contribution is 2.41. The molecule has 0 radical (unpaired) electrons. The Labute approximate surface area is 94.8 Å². The SMILES string of the molecule is COCCNCC1CC(C)CC(C)(C)C1. The molecule has 1 aliphatic carbocycles. The molecule has 0 amide bonds. The van der Waals surface area contributed by atoms with Gasteiger partial charge in [0.15, 0.2) is 0 Å². The molecular formula is C13H27NO. The van der Waals surface area contributed by atoms with Crippen molar-refractivity contribution in [2.24, 2.45) is 17.3 Å². The van der Waals surface area contributed by atoms with Crippen LogP contribution in [0.15, 0.2) is 0 Å². The number of rotatable bonds is 5. The van der Waals surface area contributed by atoms with Gasteiger partial charge in [-0.15, -0.1) is 0 Å². The molecule has 0 spiro atoms. The highest BCUT2D eigenvalue weighted by atomic mass is 16.5. The van der Waals surface area contributed by atoms with E-state index in [9.17, 15) is 0 Å². The predicted octanol–water partition coefficient (Wildman–Crippen LogP) is 2.68. The number of nitrogens with one attached hydrogen (secondary N) is 1. The summed E-state index contributed by atoms with van der Waals surface area (Å²) in [6, 6.07) is 0. The third kappa shape index (κ3) is 4.98. The van der Waals surface area contributed by atoms with E-state index in [1.807, 2.05) is 0 Å². The van der Waals surface area contributed by atoms with Gasteiger partial charge in [0.05, 0.1) is 6.61 Å². The van der Waals surface area contributed by atoms with Gasteiger partial charge >= 0.3 is 0 Å². The minimum Gasteiger partial charge on any atom is -0.383 e. The van der Waals surface area contributed by atoms with Crippen LogP contribution in [0.2, 0.25) is 0 Å². The van der Waals surface area contributed by atoms with E-state index in [1.165, 1.54) is 19.3 Å². The molecule has 2 nitrogen and oxygen atoms in total. The zero-order chi connectivity index (χ0) is 11.3. The van der Waals surface area contributed by atoms with Gasteiger partial charge in [0.2, 0.25) is 0 Å². The lowest BCUT2D eigenvalue weighted by Crippen LogP contribution is -2.34. The van der Waals surface area contributed by atoms with Crippen LogP contribution >= 0.6 is 0 Å². The van der Waals surface area contributed by atoms with Crippen molar-refractivity contribution in [2.45, 2.75) is 40.0 Å². The molecule has 0 heterocycles. The third-order valence-electron chi connectivity index (χ3n) is 3.39. The summed E-state index contributed by atoms with van der Waals surface area (Å²) in [7, 11) is 1.76. The Morgan fingerprint density at radius 2 is 2.07 bits per heavy atom. The summed E-state index contributed by atoms with van der Waals surface area (Å²) in [5, 5.41) is 3.49. The zero-order valence-corrected chi connectivity index (χ0v) is 10.8. The van der Waals surface area contributed by atoms with Crippen LogP contribution in [0.4, 0.5) is 0 Å². The van der Waals surface area contributed by atoms with Crippen molar-refractivity contribution < 1.29 is 4.74 Å². The van der Waals surface area contributed by atoms with Crippen molar-refractivity contribution in [3.8, 4) is 0 Å². The van der Waals surface area contributed by atoms with Crippen LogP contribution in [0.3, 0.4) is 0 Å². The lowest BCUT2D eigenvalue weighted by atomic mass is 9.68. The van der Waals surface area contributed by atoms with Gasteiger partial charge in [-0.25, -0.2) is 0 Å². The first-order chi connectivity index (χ1) is 7.03. The molecule has 1 aliphatic rings. The molecule has 0 saturated heterocycles. The first-order valence-electron chi connectivity index (χ1n) is 6.23. The molecule has 0 aromatic heterocycles. The third-order valence-corrected chi connectivity index (χ3v) is 3.39. The molecule has 1 saturated carbocycles. The number of hydrogen-bond donors (Lipinski definition) is 1. The van der Waals surface area contributed by atoms with Gasteiger partial charge in [-0.05, 0) is 43.1 Å². The van der Waals surface area contributed by atoms with Crippen LogP contribution in [0.5, 0.6) is 0 Å². The predicted molar refractivity (Wildman–Crippen MR) is 65.0 cm³/mol. The Kier molecular flexibility index (Phi) is 5.07. The second kappa shape index (κ2) is 5.86. The van der Waals surface area contributed by atoms with Crippen LogP contribution in [0.25, 0.3) is 0 Å². The minimum atomic E-state index is 0.547. The van der Waals surface area contributed by atoms with Crippen molar-refractivity contribution in [1.29, 1.82) is 0 Å². The van der Waals surface area contributed by atoms with Gasteiger partial charge in [-0.2, -0.15) is 0 Å². The lowest BCUT2D eigenvalue weighted by molar-refractivity contribution is 0.128. The maximum atomic E-state index is 5.03. The first kappa shape index (κ1) is 13.0. The van der Waals surface area contributed by atoms with Crippen LogP contribution in [-0.4, -0.2) is 26.8 Å². The second-order valence-corrected chi connectivity index (χ2v) is 5.98. The highest BCUT2D eigenvalue weighted by molar-refractivity contribution is 4.83. The summed E-state index contributed by atoms with van der Waals surface area (Å²) in [6.45, 7) is 10.2. The van der Waals surface area contributed by atoms with Gasteiger partial charge in [-0.3, -0.25) is 0 Å². The number of methoxy groups -OCH3 is 1. The van der Waals surface area contributed by atoms with Gasteiger partial charge in [0.1, 0.15) is 0 Å². The van der Waals surface area contributed by atoms with Gasteiger partial charge in [0.25, 0.3) is 0 Å². The molecule has 2 heteroatoms. The van der Waals surface area contributed by atoms with Gasteiger partial charge < -0.3 is 10.1 Å². The van der Waals surface area contributed by atoms with E-state index < -0.39 is 0 Å². The monoisotopic (exact) mass is 213 g/mol. The molecule has 1 rings (SSSR count). The van der Waals surface area contributed by atoms with Crippen LogP contribution in [-0.2, 0) is 4.74 Å². The Hall–Kier alpha value is -0.0800. The van der Waals surface area contributed by atoms with Crippen LogP contribution < -0.4 is 5.32 Å². The van der Waals surface area contributed by atoms with Crippen molar-refractivity contribution in [1.82, 2.24) is 5.32 Å². The van der Waals surface area contributed by atoms with E-state index in [2.05, 4.69) is 26.1 Å². The van der Waals surface area contributed by atoms with Gasteiger partial charge in [-0.1, -0.05) is 20.8 Å². The summed E-state index contributed by atoms with van der Waals surface area (Å²) in [6.07, 6.45) is 4.16. The number of ether oxygens (including phenoxy) is 1. The average molecular weight is 213 g/mol. The topological polar surface area (TPSA) is 21.3 Å². The molecular weight excluding hydrogens is 186 g/mol. The maximum Gasteiger partial charge on any atom is 0.0587 e. The van der Waals surface area contributed by atoms with E-state index in [0.29, 0.717) is 5.41 Å². The van der Waals surface area contributed by atoms with Crippen molar-refractivity contribution in [3.63, 3.8) is 0 Å². The lowest BCUT2D eigenvalue weighted by Gasteiger charge is -2.39. The van der Waals surface area contributed by atoms with Crippen molar-refractivity contribution in [2.75, 3.05) is 26.8 Å². The molecule has 0 aromatic rings. The number of hydrogen-bond acceptors (Lipinski definition) is 2. The molecule has 0 aliphatic heterocycles. The molecule has 2 atom stereocenters. The molecule has 2 unspecified atom stereocenters. The Morgan fingerprint density at radius 3 is 2.67 bits per heavy atom. The van der Waals surface area contributed by atoms with E-state index in [1.54, 1.807) is 7.11 Å². The summed E-state index contributed by atoms with van der Waals surface area (Å²) < 4.78 is 5.03. The summed E-state index contributed by atoms with van der Waals surface area (Å²) in [4.78, 5) is 0. The molecule has 1 N–H and O–H groups in total. The standard InChI is InChI=1S/C13H27NO/c1-11-7-12(9-13(2,3)8-11)10-14-5-6-15-4/h11-12,14H,5-10H2,1-4H3. The van der Waals surface area contributed by atoms with E-state index >= 15 is 0 Å². The summed E-state index contributed by atoms with van der Waals surface area (Å²) in [5.74, 6) is 1.75. The van der Waals surface area contributed by atoms with E-state index in [4.69, 9.17) is 4.74 Å². The fraction of sp³-hybridized carbons (Fsp3) is 1.00. The Morgan fingerprint density at radius 1 is 1.33 bits per heavy atom. The molecule has 15 heavy (non-hydrogen) atoms. The first-order valence-corrected chi connectivity index (χ1v) is 6.23. The smallest absolute Gasteiger partial charge is 0.0587 e. The second-order valence-electron chi connectivity index (χ2n) is 5.98. The zero-order valence-electron chi connectivity index (χ0n) is 10.8. The molecule has 1 fully saturated rings. The Bertz CT molecular complexity index is 179. The largest absolute Gasteiger partial charge is 0.383 e.